The SMILES string of the molecule is ClCc1cc2ccccc2nc1N1CCCCCC1. The van der Waals surface area contributed by atoms with Gasteiger partial charge in [-0.15, -0.1) is 11.6 Å². The molecular weight excluding hydrogens is 256 g/mol. The highest BCUT2D eigenvalue weighted by Gasteiger charge is 2.15. The van der Waals surface area contributed by atoms with E-state index in [0.717, 1.165) is 30.0 Å². The van der Waals surface area contributed by atoms with Crippen LogP contribution in [0.5, 0.6) is 0 Å². The van der Waals surface area contributed by atoms with Crippen molar-refractivity contribution in [3.8, 4) is 0 Å². The van der Waals surface area contributed by atoms with E-state index in [1.54, 1.807) is 0 Å². The fraction of sp³-hybridized carbons (Fsp3) is 0.438. The zero-order valence-corrected chi connectivity index (χ0v) is 11.9. The van der Waals surface area contributed by atoms with Gasteiger partial charge < -0.3 is 4.90 Å². The molecule has 2 aromatic rings. The fourth-order valence-corrected chi connectivity index (χ4v) is 3.00. The molecule has 0 N–H and O–H groups in total. The van der Waals surface area contributed by atoms with Crippen molar-refractivity contribution >= 4 is 28.3 Å². The molecule has 1 aliphatic heterocycles. The second-order valence-corrected chi connectivity index (χ2v) is 5.47. The van der Waals surface area contributed by atoms with Gasteiger partial charge in [-0.05, 0) is 25.0 Å². The Hall–Kier alpha value is -1.28. The summed E-state index contributed by atoms with van der Waals surface area (Å²) in [6.45, 7) is 2.21. The number of hydrogen-bond donors (Lipinski definition) is 0. The number of para-hydroxylation sites is 1. The first kappa shape index (κ1) is 12.7. The number of fused-ring (bicyclic) bond motifs is 1. The van der Waals surface area contributed by atoms with Gasteiger partial charge in [0.25, 0.3) is 0 Å². The largest absolute Gasteiger partial charge is 0.356 e. The van der Waals surface area contributed by atoms with Crippen LogP contribution in [0.1, 0.15) is 31.2 Å². The van der Waals surface area contributed by atoms with Crippen molar-refractivity contribution in [3.05, 3.63) is 35.9 Å². The minimum Gasteiger partial charge on any atom is -0.356 e. The van der Waals surface area contributed by atoms with Gasteiger partial charge in [0, 0.05) is 24.0 Å². The molecule has 3 heteroatoms. The lowest BCUT2D eigenvalue weighted by molar-refractivity contribution is 0.726. The van der Waals surface area contributed by atoms with Crippen molar-refractivity contribution in [3.63, 3.8) is 0 Å². The highest BCUT2D eigenvalue weighted by atomic mass is 35.5. The van der Waals surface area contributed by atoms with E-state index >= 15 is 0 Å². The van der Waals surface area contributed by atoms with Gasteiger partial charge in [-0.2, -0.15) is 0 Å². The summed E-state index contributed by atoms with van der Waals surface area (Å²) < 4.78 is 0. The van der Waals surface area contributed by atoms with Crippen molar-refractivity contribution < 1.29 is 0 Å². The summed E-state index contributed by atoms with van der Waals surface area (Å²) in [5.74, 6) is 1.62. The lowest BCUT2D eigenvalue weighted by Crippen LogP contribution is -2.26. The number of pyridine rings is 1. The van der Waals surface area contributed by atoms with Crippen molar-refractivity contribution in [2.24, 2.45) is 0 Å². The van der Waals surface area contributed by atoms with Crippen LogP contribution in [0.2, 0.25) is 0 Å². The third kappa shape index (κ3) is 2.69. The maximum atomic E-state index is 6.13. The Labute approximate surface area is 119 Å². The second-order valence-electron chi connectivity index (χ2n) is 5.20. The molecule has 0 saturated carbocycles. The van der Waals surface area contributed by atoms with Crippen LogP contribution >= 0.6 is 11.6 Å². The van der Waals surface area contributed by atoms with E-state index in [9.17, 15) is 0 Å². The van der Waals surface area contributed by atoms with Gasteiger partial charge in [-0.1, -0.05) is 31.0 Å². The molecule has 0 spiro atoms. The van der Waals surface area contributed by atoms with Crippen molar-refractivity contribution in [2.75, 3.05) is 18.0 Å². The first-order valence-electron chi connectivity index (χ1n) is 7.08. The van der Waals surface area contributed by atoms with Gasteiger partial charge in [-0.25, -0.2) is 4.98 Å². The molecular formula is C16H19ClN2. The van der Waals surface area contributed by atoms with Crippen LogP contribution in [0.15, 0.2) is 30.3 Å². The Morgan fingerprint density at radius 2 is 1.79 bits per heavy atom. The predicted octanol–water partition coefficient (Wildman–Crippen LogP) is 4.35. The second kappa shape index (κ2) is 5.79. The van der Waals surface area contributed by atoms with Gasteiger partial charge >= 0.3 is 0 Å². The fourth-order valence-electron chi connectivity index (χ4n) is 2.80. The van der Waals surface area contributed by atoms with Crippen LogP contribution in [-0.4, -0.2) is 18.1 Å². The number of alkyl halides is 1. The van der Waals surface area contributed by atoms with Crippen LogP contribution in [-0.2, 0) is 5.88 Å². The molecule has 2 nitrogen and oxygen atoms in total. The molecule has 19 heavy (non-hydrogen) atoms. The Kier molecular flexibility index (Phi) is 3.88. The van der Waals surface area contributed by atoms with Gasteiger partial charge in [0.1, 0.15) is 5.82 Å². The molecule has 0 bridgehead atoms. The lowest BCUT2D eigenvalue weighted by Gasteiger charge is -2.24. The Balaban J connectivity index is 2.04. The van der Waals surface area contributed by atoms with Crippen LogP contribution in [0.3, 0.4) is 0 Å². The molecule has 0 amide bonds. The molecule has 1 aromatic carbocycles. The van der Waals surface area contributed by atoms with E-state index < -0.39 is 0 Å². The summed E-state index contributed by atoms with van der Waals surface area (Å²) in [7, 11) is 0. The predicted molar refractivity (Wildman–Crippen MR) is 82.0 cm³/mol. The minimum atomic E-state index is 0.531. The molecule has 1 aliphatic rings. The third-order valence-electron chi connectivity index (χ3n) is 3.83. The van der Waals surface area contributed by atoms with Crippen LogP contribution in [0, 0.1) is 0 Å². The third-order valence-corrected chi connectivity index (χ3v) is 4.12. The summed E-state index contributed by atoms with van der Waals surface area (Å²) >= 11 is 6.13. The van der Waals surface area contributed by atoms with Crippen LogP contribution < -0.4 is 4.90 Å². The average molecular weight is 275 g/mol. The molecule has 2 heterocycles. The monoisotopic (exact) mass is 274 g/mol. The maximum Gasteiger partial charge on any atom is 0.133 e. The van der Waals surface area contributed by atoms with E-state index in [1.807, 2.05) is 12.1 Å². The van der Waals surface area contributed by atoms with E-state index in [-0.39, 0.29) is 0 Å². The zero-order valence-electron chi connectivity index (χ0n) is 11.1. The number of aromatic nitrogens is 1. The topological polar surface area (TPSA) is 16.1 Å². The molecule has 1 aromatic heterocycles. The van der Waals surface area contributed by atoms with E-state index in [0.29, 0.717) is 5.88 Å². The quantitative estimate of drug-likeness (QED) is 0.757. The van der Waals surface area contributed by atoms with Crippen molar-refractivity contribution in [1.29, 1.82) is 0 Å². The molecule has 3 rings (SSSR count). The lowest BCUT2D eigenvalue weighted by atomic mass is 10.1. The molecule has 0 radical (unpaired) electrons. The Morgan fingerprint density at radius 1 is 1.05 bits per heavy atom. The first-order chi connectivity index (χ1) is 9.38. The van der Waals surface area contributed by atoms with Crippen molar-refractivity contribution in [2.45, 2.75) is 31.6 Å². The van der Waals surface area contributed by atoms with Crippen LogP contribution in [0.4, 0.5) is 5.82 Å². The molecule has 0 aliphatic carbocycles. The molecule has 1 saturated heterocycles. The number of rotatable bonds is 2. The maximum absolute atomic E-state index is 6.13. The summed E-state index contributed by atoms with van der Waals surface area (Å²) in [5.41, 5.74) is 2.22. The molecule has 100 valence electrons. The first-order valence-corrected chi connectivity index (χ1v) is 7.61. The van der Waals surface area contributed by atoms with Crippen LogP contribution in [0.25, 0.3) is 10.9 Å². The number of anilines is 1. The summed E-state index contributed by atoms with van der Waals surface area (Å²) in [5, 5.41) is 1.18. The van der Waals surface area contributed by atoms with E-state index in [2.05, 4.69) is 23.1 Å². The molecule has 1 fully saturated rings. The minimum absolute atomic E-state index is 0.531. The smallest absolute Gasteiger partial charge is 0.133 e. The van der Waals surface area contributed by atoms with Gasteiger partial charge in [0.2, 0.25) is 0 Å². The van der Waals surface area contributed by atoms with Crippen molar-refractivity contribution in [1.82, 2.24) is 4.98 Å². The standard InChI is InChI=1S/C16H19ClN2/c17-12-14-11-13-7-3-4-8-15(13)18-16(14)19-9-5-1-2-6-10-19/h3-4,7-8,11H,1-2,5-6,9-10,12H2. The number of halogens is 1. The van der Waals surface area contributed by atoms with Gasteiger partial charge in [0.15, 0.2) is 0 Å². The van der Waals surface area contributed by atoms with E-state index in [1.165, 1.54) is 31.1 Å². The van der Waals surface area contributed by atoms with E-state index in [4.69, 9.17) is 16.6 Å². The average Bonchev–Trinajstić information content (AvgIpc) is 2.74. The van der Waals surface area contributed by atoms with Gasteiger partial charge in [0.05, 0.1) is 11.4 Å². The number of benzene rings is 1. The number of nitrogens with zero attached hydrogens (tertiary/aromatic N) is 2. The molecule has 0 unspecified atom stereocenters. The Morgan fingerprint density at radius 3 is 2.53 bits per heavy atom. The zero-order chi connectivity index (χ0) is 13.1. The highest BCUT2D eigenvalue weighted by Crippen LogP contribution is 2.27. The molecule has 0 atom stereocenters. The number of hydrogen-bond acceptors (Lipinski definition) is 2. The van der Waals surface area contributed by atoms with Gasteiger partial charge in [-0.3, -0.25) is 0 Å². The summed E-state index contributed by atoms with van der Waals surface area (Å²) in [4.78, 5) is 7.27. The summed E-state index contributed by atoms with van der Waals surface area (Å²) in [6, 6.07) is 10.5. The Bertz CT molecular complexity index is 560. The normalized spacial score (nSPS) is 16.6. The highest BCUT2D eigenvalue weighted by molar-refractivity contribution is 6.17. The summed E-state index contributed by atoms with van der Waals surface area (Å²) in [6.07, 6.45) is 5.19.